The lowest BCUT2D eigenvalue weighted by atomic mass is 10.0. The maximum absolute atomic E-state index is 12.8. The highest BCUT2D eigenvalue weighted by Gasteiger charge is 2.46. The van der Waals surface area contributed by atoms with Crippen LogP contribution in [0.1, 0.15) is 22.0 Å². The van der Waals surface area contributed by atoms with E-state index in [0.29, 0.717) is 0 Å². The first-order valence-electron chi connectivity index (χ1n) is 6.81. The highest BCUT2D eigenvalue weighted by Crippen LogP contribution is 2.29. The molecule has 9 heteroatoms. The van der Waals surface area contributed by atoms with Gasteiger partial charge in [-0.05, 0) is 12.1 Å². The standard InChI is InChI=1S/C16H10F3NO5/c17-16(18,19)14(21)13(10-4-2-1-3-5-10)25-15(22)11-6-8-12(9-7-11)20(23)24/h1-9,13H. The van der Waals surface area contributed by atoms with E-state index in [9.17, 15) is 32.9 Å². The molecule has 0 radical (unpaired) electrons. The van der Waals surface area contributed by atoms with E-state index >= 15 is 0 Å². The predicted octanol–water partition coefficient (Wildman–Crippen LogP) is 3.62. The van der Waals surface area contributed by atoms with Crippen molar-refractivity contribution >= 4 is 17.4 Å². The van der Waals surface area contributed by atoms with Gasteiger partial charge >= 0.3 is 12.1 Å². The number of nitro groups is 1. The number of nitro benzene ring substituents is 1. The maximum Gasteiger partial charge on any atom is 0.454 e. The number of non-ortho nitro benzene ring substituents is 1. The molecule has 6 nitrogen and oxygen atoms in total. The van der Waals surface area contributed by atoms with Gasteiger partial charge in [-0.1, -0.05) is 30.3 Å². The molecule has 0 bridgehead atoms. The minimum Gasteiger partial charge on any atom is -0.445 e. The van der Waals surface area contributed by atoms with E-state index in [0.717, 1.165) is 24.3 Å². The molecule has 0 aliphatic rings. The Morgan fingerprint density at radius 2 is 1.56 bits per heavy atom. The molecule has 0 spiro atoms. The first-order valence-corrected chi connectivity index (χ1v) is 6.81. The molecule has 0 saturated carbocycles. The molecule has 0 amide bonds. The molecule has 2 aromatic rings. The van der Waals surface area contributed by atoms with Crippen molar-refractivity contribution in [3.05, 3.63) is 75.8 Å². The Morgan fingerprint density at radius 1 is 1.00 bits per heavy atom. The monoisotopic (exact) mass is 353 g/mol. The average Bonchev–Trinajstić information content (AvgIpc) is 2.59. The summed E-state index contributed by atoms with van der Waals surface area (Å²) in [5.41, 5.74) is -0.663. The van der Waals surface area contributed by atoms with E-state index in [1.54, 1.807) is 0 Å². The quantitative estimate of drug-likeness (QED) is 0.465. The number of halogens is 3. The fourth-order valence-electron chi connectivity index (χ4n) is 1.94. The number of esters is 1. The third kappa shape index (κ3) is 4.40. The molecule has 130 valence electrons. The van der Waals surface area contributed by atoms with Crippen LogP contribution in [0, 0.1) is 10.1 Å². The fourth-order valence-corrected chi connectivity index (χ4v) is 1.94. The summed E-state index contributed by atoms with van der Waals surface area (Å²) in [5.74, 6) is -3.43. The van der Waals surface area contributed by atoms with Crippen molar-refractivity contribution in [3.63, 3.8) is 0 Å². The molecule has 2 rings (SSSR count). The first-order chi connectivity index (χ1) is 11.7. The summed E-state index contributed by atoms with van der Waals surface area (Å²) in [5, 5.41) is 10.6. The molecular weight excluding hydrogens is 343 g/mol. The molecule has 25 heavy (non-hydrogen) atoms. The molecule has 0 heterocycles. The van der Waals surface area contributed by atoms with E-state index in [-0.39, 0.29) is 16.8 Å². The van der Waals surface area contributed by atoms with Crippen molar-refractivity contribution in [2.75, 3.05) is 0 Å². The van der Waals surface area contributed by atoms with Crippen LogP contribution in [0.25, 0.3) is 0 Å². The second-order valence-electron chi connectivity index (χ2n) is 4.86. The van der Waals surface area contributed by atoms with Gasteiger partial charge < -0.3 is 4.74 Å². The zero-order valence-corrected chi connectivity index (χ0v) is 12.4. The number of carbonyl (C=O) groups excluding carboxylic acids is 2. The number of ketones is 1. The van der Waals surface area contributed by atoms with E-state index < -0.39 is 29.0 Å². The molecule has 0 aromatic heterocycles. The highest BCUT2D eigenvalue weighted by atomic mass is 19.4. The van der Waals surface area contributed by atoms with Crippen LogP contribution >= 0.6 is 0 Å². The molecule has 1 unspecified atom stereocenters. The summed E-state index contributed by atoms with van der Waals surface area (Å²) >= 11 is 0. The Labute approximate surface area is 139 Å². The second-order valence-corrected chi connectivity index (χ2v) is 4.86. The van der Waals surface area contributed by atoms with Gasteiger partial charge in [0, 0.05) is 17.7 Å². The number of hydrogen-bond acceptors (Lipinski definition) is 5. The van der Waals surface area contributed by atoms with Crippen molar-refractivity contribution in [2.24, 2.45) is 0 Å². The van der Waals surface area contributed by atoms with Crippen LogP contribution in [0.5, 0.6) is 0 Å². The van der Waals surface area contributed by atoms with E-state index in [4.69, 9.17) is 4.74 Å². The molecule has 2 aromatic carbocycles. The van der Waals surface area contributed by atoms with Gasteiger partial charge in [0.25, 0.3) is 11.5 Å². The Morgan fingerprint density at radius 3 is 2.04 bits per heavy atom. The molecule has 0 aliphatic heterocycles. The number of ether oxygens (including phenoxy) is 1. The van der Waals surface area contributed by atoms with Gasteiger partial charge in [0.05, 0.1) is 10.5 Å². The van der Waals surface area contributed by atoms with E-state index in [1.165, 1.54) is 30.3 Å². The first kappa shape index (κ1) is 18.1. The summed E-state index contributed by atoms with van der Waals surface area (Å²) in [6.45, 7) is 0. The predicted molar refractivity (Wildman–Crippen MR) is 78.8 cm³/mol. The number of nitrogens with zero attached hydrogens (tertiary/aromatic N) is 1. The van der Waals surface area contributed by atoms with Crippen LogP contribution in [0.4, 0.5) is 18.9 Å². The summed E-state index contributed by atoms with van der Waals surface area (Å²) in [7, 11) is 0. The topological polar surface area (TPSA) is 86.5 Å². The number of rotatable bonds is 5. The molecule has 0 aliphatic carbocycles. The van der Waals surface area contributed by atoms with Gasteiger partial charge in [-0.2, -0.15) is 13.2 Å². The molecular formula is C16H10F3NO5. The van der Waals surface area contributed by atoms with Crippen LogP contribution < -0.4 is 0 Å². The van der Waals surface area contributed by atoms with E-state index in [2.05, 4.69) is 0 Å². The van der Waals surface area contributed by atoms with Crippen LogP contribution in [-0.4, -0.2) is 22.9 Å². The van der Waals surface area contributed by atoms with Crippen LogP contribution in [0.3, 0.4) is 0 Å². The zero-order valence-electron chi connectivity index (χ0n) is 12.4. The summed E-state index contributed by atoms with van der Waals surface area (Å²) in [4.78, 5) is 33.5. The van der Waals surface area contributed by atoms with Gasteiger partial charge in [-0.3, -0.25) is 14.9 Å². The lowest BCUT2D eigenvalue weighted by Crippen LogP contribution is -2.32. The Balaban J connectivity index is 2.28. The Kier molecular flexibility index (Phi) is 5.16. The molecule has 0 N–H and O–H groups in total. The van der Waals surface area contributed by atoms with Crippen LogP contribution in [0.2, 0.25) is 0 Å². The molecule has 0 fully saturated rings. The van der Waals surface area contributed by atoms with Crippen molar-refractivity contribution < 1.29 is 32.4 Å². The van der Waals surface area contributed by atoms with Crippen LogP contribution in [0.15, 0.2) is 54.6 Å². The lowest BCUT2D eigenvalue weighted by molar-refractivity contribution is -0.384. The summed E-state index contributed by atoms with van der Waals surface area (Å²) in [6.07, 6.45) is -7.36. The van der Waals surface area contributed by atoms with Crippen molar-refractivity contribution in [3.8, 4) is 0 Å². The number of alkyl halides is 3. The Bertz CT molecular complexity index is 788. The second kappa shape index (κ2) is 7.12. The smallest absolute Gasteiger partial charge is 0.445 e. The van der Waals surface area contributed by atoms with Crippen molar-refractivity contribution in [1.82, 2.24) is 0 Å². The third-order valence-corrected chi connectivity index (χ3v) is 3.16. The fraction of sp³-hybridized carbons (Fsp3) is 0.125. The average molecular weight is 353 g/mol. The van der Waals surface area contributed by atoms with Crippen LogP contribution in [-0.2, 0) is 9.53 Å². The largest absolute Gasteiger partial charge is 0.454 e. The van der Waals surface area contributed by atoms with Gasteiger partial charge in [-0.15, -0.1) is 0 Å². The number of benzene rings is 2. The lowest BCUT2D eigenvalue weighted by Gasteiger charge is -2.18. The summed E-state index contributed by atoms with van der Waals surface area (Å²) < 4.78 is 43.0. The SMILES string of the molecule is O=C(OC(C(=O)C(F)(F)F)c1ccccc1)c1ccc([N+](=O)[O-])cc1. The van der Waals surface area contributed by atoms with Gasteiger partial charge in [0.2, 0.25) is 0 Å². The third-order valence-electron chi connectivity index (χ3n) is 3.16. The summed E-state index contributed by atoms with van der Waals surface area (Å²) in [6, 6.07) is 10.8. The minimum absolute atomic E-state index is 0.139. The van der Waals surface area contributed by atoms with Crippen molar-refractivity contribution in [1.29, 1.82) is 0 Å². The minimum atomic E-state index is -5.20. The molecule has 1 atom stereocenters. The number of Topliss-reactive ketones (excluding diaryl/α,β-unsaturated/α-hetero) is 1. The molecule has 0 saturated heterocycles. The Hall–Kier alpha value is -3.23. The van der Waals surface area contributed by atoms with E-state index in [1.807, 2.05) is 0 Å². The van der Waals surface area contributed by atoms with Gasteiger partial charge in [0.15, 0.2) is 6.10 Å². The number of hydrogen-bond donors (Lipinski definition) is 0. The normalized spacial score (nSPS) is 12.3. The zero-order chi connectivity index (χ0) is 18.6. The van der Waals surface area contributed by atoms with Gasteiger partial charge in [-0.25, -0.2) is 4.79 Å². The van der Waals surface area contributed by atoms with Crippen molar-refractivity contribution in [2.45, 2.75) is 12.3 Å². The highest BCUT2D eigenvalue weighted by molar-refractivity contribution is 5.95. The number of carbonyl (C=O) groups is 2. The maximum atomic E-state index is 12.8. The van der Waals surface area contributed by atoms with Gasteiger partial charge in [0.1, 0.15) is 0 Å².